The zero-order valence-electron chi connectivity index (χ0n) is 20.5. The topological polar surface area (TPSA) is 105 Å². The highest BCUT2D eigenvalue weighted by atomic mass is 32.2. The third-order valence-corrected chi connectivity index (χ3v) is 8.46. The van der Waals surface area contributed by atoms with Gasteiger partial charge in [-0.2, -0.15) is 0 Å². The summed E-state index contributed by atoms with van der Waals surface area (Å²) in [6.45, 7) is 6.99. The van der Waals surface area contributed by atoms with E-state index in [2.05, 4.69) is 5.32 Å². The molecule has 0 saturated carbocycles. The molecule has 0 aromatic heterocycles. The monoisotopic (exact) mass is 501 g/mol. The lowest BCUT2D eigenvalue weighted by molar-refractivity contribution is -0.148. The van der Waals surface area contributed by atoms with Crippen molar-refractivity contribution in [3.05, 3.63) is 41.5 Å². The van der Waals surface area contributed by atoms with Gasteiger partial charge in [-0.3, -0.25) is 9.59 Å². The van der Waals surface area contributed by atoms with E-state index >= 15 is 0 Å². The summed E-state index contributed by atoms with van der Waals surface area (Å²) < 4.78 is 39.5. The molecule has 4 rings (SSSR count). The molecule has 0 spiro atoms. The highest BCUT2D eigenvalue weighted by molar-refractivity contribution is 7.89. The number of carbonyl (C=O) groups excluding carboxylic acids is 2. The van der Waals surface area contributed by atoms with Gasteiger partial charge in [0.1, 0.15) is 10.6 Å². The molecule has 1 amide bonds. The van der Waals surface area contributed by atoms with Crippen molar-refractivity contribution in [2.75, 3.05) is 43.5 Å². The van der Waals surface area contributed by atoms with E-state index in [9.17, 15) is 18.0 Å². The molecule has 2 heterocycles. The van der Waals surface area contributed by atoms with Crippen LogP contribution >= 0.6 is 0 Å². The minimum Gasteiger partial charge on any atom is -0.466 e. The number of hydrogen-bond acceptors (Lipinski definition) is 7. The van der Waals surface area contributed by atoms with E-state index in [1.807, 2.05) is 24.0 Å². The second-order valence-corrected chi connectivity index (χ2v) is 10.8. The molecule has 1 fully saturated rings. The second kappa shape index (κ2) is 9.87. The summed E-state index contributed by atoms with van der Waals surface area (Å²) in [6.07, 6.45) is 1.09. The maximum atomic E-state index is 13.5. The van der Waals surface area contributed by atoms with Crippen LogP contribution in [0.15, 0.2) is 35.2 Å². The smallest absolute Gasteiger partial charge is 0.309 e. The standard InChI is InChI=1S/C25H31N3O6S/c1-5-27(4)35(31,32)23-14-18-22(34-21-8-7-16(3)13-19(21)26-24(18)29)15-20(23)28-11-9-17(10-12-28)25(30)33-6-2/h7-8,13-15,17H,5-6,9-12H2,1-4H3,(H,26,29). The van der Waals surface area contributed by atoms with Crippen molar-refractivity contribution in [1.82, 2.24) is 4.31 Å². The number of nitrogens with zero attached hydrogens (tertiary/aromatic N) is 2. The van der Waals surface area contributed by atoms with Crippen LogP contribution in [0.1, 0.15) is 42.6 Å². The van der Waals surface area contributed by atoms with Crippen molar-refractivity contribution in [1.29, 1.82) is 0 Å². The molecule has 2 aliphatic rings. The van der Waals surface area contributed by atoms with Gasteiger partial charge in [-0.25, -0.2) is 12.7 Å². The fourth-order valence-electron chi connectivity index (χ4n) is 4.36. The Balaban J connectivity index is 1.78. The molecule has 188 valence electrons. The van der Waals surface area contributed by atoms with Crippen molar-refractivity contribution < 1.29 is 27.5 Å². The van der Waals surface area contributed by atoms with Gasteiger partial charge >= 0.3 is 5.97 Å². The molecule has 0 bridgehead atoms. The van der Waals surface area contributed by atoms with Gasteiger partial charge in [-0.05, 0) is 50.5 Å². The SMILES string of the molecule is CCOC(=O)C1CCN(c2cc3c(cc2S(=O)(=O)N(C)CC)C(=O)Nc2cc(C)ccc2O3)CC1. The van der Waals surface area contributed by atoms with Gasteiger partial charge in [-0.15, -0.1) is 0 Å². The average molecular weight is 502 g/mol. The van der Waals surface area contributed by atoms with Gasteiger partial charge in [0.25, 0.3) is 5.91 Å². The molecule has 2 aliphatic heterocycles. The molecule has 0 aliphatic carbocycles. The Labute approximate surface area is 206 Å². The van der Waals surface area contributed by atoms with Crippen LogP contribution in [0.4, 0.5) is 11.4 Å². The summed E-state index contributed by atoms with van der Waals surface area (Å²) in [4.78, 5) is 27.3. The van der Waals surface area contributed by atoms with Crippen LogP contribution in [-0.2, 0) is 19.6 Å². The van der Waals surface area contributed by atoms with E-state index in [1.54, 1.807) is 26.0 Å². The predicted octanol–water partition coefficient (Wildman–Crippen LogP) is 3.77. The number of aryl methyl sites for hydroxylation is 1. The minimum atomic E-state index is -3.89. The van der Waals surface area contributed by atoms with Crippen molar-refractivity contribution in [2.24, 2.45) is 5.92 Å². The van der Waals surface area contributed by atoms with Gasteiger partial charge in [-0.1, -0.05) is 13.0 Å². The number of benzene rings is 2. The molecular weight excluding hydrogens is 470 g/mol. The van der Waals surface area contributed by atoms with Gasteiger partial charge in [0.15, 0.2) is 5.75 Å². The molecule has 0 radical (unpaired) electrons. The van der Waals surface area contributed by atoms with Gasteiger partial charge in [0, 0.05) is 32.7 Å². The first-order valence-electron chi connectivity index (χ1n) is 11.8. The van der Waals surface area contributed by atoms with E-state index < -0.39 is 15.9 Å². The molecule has 2 aromatic rings. The maximum absolute atomic E-state index is 13.5. The number of ether oxygens (including phenoxy) is 2. The van der Waals surface area contributed by atoms with Crippen molar-refractivity contribution in [3.8, 4) is 11.5 Å². The van der Waals surface area contributed by atoms with Crippen molar-refractivity contribution in [2.45, 2.75) is 38.5 Å². The van der Waals surface area contributed by atoms with E-state index in [0.29, 0.717) is 49.7 Å². The van der Waals surface area contributed by atoms with Crippen LogP contribution in [0.5, 0.6) is 11.5 Å². The number of sulfonamides is 1. The zero-order valence-corrected chi connectivity index (χ0v) is 21.3. The Morgan fingerprint density at radius 2 is 1.89 bits per heavy atom. The zero-order chi connectivity index (χ0) is 25.3. The van der Waals surface area contributed by atoms with Crippen LogP contribution in [0.25, 0.3) is 0 Å². The number of hydrogen-bond donors (Lipinski definition) is 1. The first kappa shape index (κ1) is 25.0. The highest BCUT2D eigenvalue weighted by Crippen LogP contribution is 2.42. The summed E-state index contributed by atoms with van der Waals surface area (Å²) in [5.41, 5.74) is 2.08. The Morgan fingerprint density at radius 3 is 2.54 bits per heavy atom. The fourth-order valence-corrected chi connectivity index (χ4v) is 5.75. The Morgan fingerprint density at radius 1 is 1.17 bits per heavy atom. The Bertz CT molecular complexity index is 1250. The Kier molecular flexibility index (Phi) is 7.05. The fraction of sp³-hybridized carbons (Fsp3) is 0.440. The van der Waals surface area contributed by atoms with E-state index in [0.717, 1.165) is 5.56 Å². The quantitative estimate of drug-likeness (QED) is 0.601. The average Bonchev–Trinajstić information content (AvgIpc) is 2.97. The lowest BCUT2D eigenvalue weighted by atomic mass is 9.96. The normalized spacial score (nSPS) is 16.1. The number of anilines is 2. The summed E-state index contributed by atoms with van der Waals surface area (Å²) in [6, 6.07) is 8.50. The molecule has 10 heteroatoms. The maximum Gasteiger partial charge on any atom is 0.309 e. The summed E-state index contributed by atoms with van der Waals surface area (Å²) in [5.74, 6) is -0.115. The van der Waals surface area contributed by atoms with E-state index in [1.165, 1.54) is 17.4 Å². The molecule has 0 unspecified atom stereocenters. The molecule has 1 saturated heterocycles. The van der Waals surface area contributed by atoms with E-state index in [4.69, 9.17) is 9.47 Å². The molecule has 2 aromatic carbocycles. The molecule has 1 N–H and O–H groups in total. The van der Waals surface area contributed by atoms with Crippen molar-refractivity contribution in [3.63, 3.8) is 0 Å². The summed E-state index contributed by atoms with van der Waals surface area (Å²) in [7, 11) is -2.38. The first-order valence-corrected chi connectivity index (χ1v) is 13.3. The van der Waals surface area contributed by atoms with Gasteiger partial charge in [0.2, 0.25) is 10.0 Å². The third-order valence-electron chi connectivity index (χ3n) is 6.50. The van der Waals surface area contributed by atoms with Crippen LogP contribution < -0.4 is 15.0 Å². The Hall–Kier alpha value is -3.11. The summed E-state index contributed by atoms with van der Waals surface area (Å²) in [5, 5.41) is 2.83. The number of amides is 1. The number of carbonyl (C=O) groups is 2. The lowest BCUT2D eigenvalue weighted by Crippen LogP contribution is -2.38. The van der Waals surface area contributed by atoms with Crippen LogP contribution in [-0.4, -0.2) is 57.9 Å². The first-order chi connectivity index (χ1) is 16.6. The van der Waals surface area contributed by atoms with Crippen LogP contribution in [0, 0.1) is 12.8 Å². The number of piperidine rings is 1. The minimum absolute atomic E-state index is 0.0380. The van der Waals surface area contributed by atoms with Gasteiger partial charge < -0.3 is 19.7 Å². The lowest BCUT2D eigenvalue weighted by Gasteiger charge is -2.34. The predicted molar refractivity (Wildman–Crippen MR) is 133 cm³/mol. The molecule has 0 atom stereocenters. The molecule has 9 nitrogen and oxygen atoms in total. The van der Waals surface area contributed by atoms with Gasteiger partial charge in [0.05, 0.1) is 29.5 Å². The van der Waals surface area contributed by atoms with Crippen LogP contribution in [0.2, 0.25) is 0 Å². The van der Waals surface area contributed by atoms with Crippen LogP contribution in [0.3, 0.4) is 0 Å². The third kappa shape index (κ3) is 4.85. The highest BCUT2D eigenvalue weighted by Gasteiger charge is 2.33. The number of rotatable bonds is 6. The van der Waals surface area contributed by atoms with E-state index in [-0.39, 0.29) is 34.6 Å². The summed E-state index contributed by atoms with van der Waals surface area (Å²) >= 11 is 0. The molecule has 35 heavy (non-hydrogen) atoms. The molecular formula is C25H31N3O6S. The number of esters is 1. The second-order valence-electron chi connectivity index (χ2n) is 8.80. The number of nitrogens with one attached hydrogen (secondary N) is 1. The van der Waals surface area contributed by atoms with Crippen molar-refractivity contribution >= 4 is 33.3 Å². The number of fused-ring (bicyclic) bond motifs is 2. The largest absolute Gasteiger partial charge is 0.466 e.